The Labute approximate surface area is 124 Å². The Balaban J connectivity index is 1.87. The van der Waals surface area contributed by atoms with Crippen LogP contribution >= 0.6 is 23.1 Å². The second kappa shape index (κ2) is 5.49. The first-order valence-corrected chi connectivity index (χ1v) is 8.20. The van der Waals surface area contributed by atoms with Crippen LogP contribution in [0.25, 0.3) is 10.2 Å². The number of nitrogens with one attached hydrogen (secondary N) is 1. The molecular formula is C13H15N3O2S2. The molecule has 1 aliphatic rings. The van der Waals surface area contributed by atoms with E-state index in [-0.39, 0.29) is 11.2 Å². The number of amides is 1. The molecule has 106 valence electrons. The molecule has 5 nitrogen and oxygen atoms in total. The van der Waals surface area contributed by atoms with Gasteiger partial charge in [-0.2, -0.15) is 0 Å². The molecule has 1 amide bonds. The van der Waals surface area contributed by atoms with Crippen molar-refractivity contribution in [2.45, 2.75) is 18.1 Å². The van der Waals surface area contributed by atoms with Crippen LogP contribution in [0, 0.1) is 0 Å². The van der Waals surface area contributed by atoms with Crippen molar-refractivity contribution in [2.75, 3.05) is 23.9 Å². The molecule has 0 spiro atoms. The van der Waals surface area contributed by atoms with Crippen molar-refractivity contribution in [3.8, 4) is 5.75 Å². The van der Waals surface area contributed by atoms with Crippen molar-refractivity contribution >= 4 is 50.0 Å². The van der Waals surface area contributed by atoms with Gasteiger partial charge < -0.3 is 15.8 Å². The number of hydrogen-bond donors (Lipinski definition) is 2. The van der Waals surface area contributed by atoms with Crippen molar-refractivity contribution in [1.82, 2.24) is 4.98 Å². The topological polar surface area (TPSA) is 77.2 Å². The number of methoxy groups -OCH3 is 1. The number of carbonyl (C=O) groups is 1. The molecule has 1 aromatic heterocycles. The number of rotatable bonds is 3. The van der Waals surface area contributed by atoms with Gasteiger partial charge >= 0.3 is 0 Å². The first-order valence-electron chi connectivity index (χ1n) is 6.34. The third kappa shape index (κ3) is 2.55. The van der Waals surface area contributed by atoms with E-state index in [0.717, 1.165) is 28.8 Å². The summed E-state index contributed by atoms with van der Waals surface area (Å²) >= 11 is 3.12. The SMILES string of the molecule is COc1cc(N)cc2sc(NC(=O)C3CCCS3)nc12. The van der Waals surface area contributed by atoms with Crippen LogP contribution in [-0.4, -0.2) is 29.0 Å². The summed E-state index contributed by atoms with van der Waals surface area (Å²) in [5.41, 5.74) is 7.18. The smallest absolute Gasteiger partial charge is 0.239 e. The molecule has 7 heteroatoms. The van der Waals surface area contributed by atoms with Gasteiger partial charge in [0.1, 0.15) is 11.3 Å². The lowest BCUT2D eigenvalue weighted by Gasteiger charge is -2.06. The van der Waals surface area contributed by atoms with E-state index in [1.165, 1.54) is 11.3 Å². The zero-order valence-electron chi connectivity index (χ0n) is 11.0. The first-order chi connectivity index (χ1) is 9.67. The molecule has 0 radical (unpaired) electrons. The van der Waals surface area contributed by atoms with E-state index in [1.807, 2.05) is 6.07 Å². The number of thiazole rings is 1. The Bertz CT molecular complexity index is 650. The minimum atomic E-state index is 0.0403. The molecule has 0 bridgehead atoms. The Morgan fingerprint density at radius 3 is 3.10 bits per heavy atom. The number of hydrogen-bond acceptors (Lipinski definition) is 6. The maximum atomic E-state index is 12.1. The summed E-state index contributed by atoms with van der Waals surface area (Å²) in [7, 11) is 1.58. The summed E-state index contributed by atoms with van der Waals surface area (Å²) < 4.78 is 6.19. The number of thioether (sulfide) groups is 1. The van der Waals surface area contributed by atoms with E-state index in [2.05, 4.69) is 10.3 Å². The minimum Gasteiger partial charge on any atom is -0.494 e. The lowest BCUT2D eigenvalue weighted by molar-refractivity contribution is -0.115. The highest BCUT2D eigenvalue weighted by molar-refractivity contribution is 8.00. The van der Waals surface area contributed by atoms with Gasteiger partial charge in [-0.05, 0) is 24.7 Å². The second-order valence-corrected chi connectivity index (χ2v) is 6.92. The molecule has 3 rings (SSSR count). The Morgan fingerprint density at radius 2 is 2.40 bits per heavy atom. The Hall–Kier alpha value is -1.47. The molecule has 1 fully saturated rings. The van der Waals surface area contributed by atoms with Crippen LogP contribution in [0.4, 0.5) is 10.8 Å². The van der Waals surface area contributed by atoms with Crippen LogP contribution in [0.2, 0.25) is 0 Å². The van der Waals surface area contributed by atoms with Gasteiger partial charge in [-0.3, -0.25) is 4.79 Å². The summed E-state index contributed by atoms with van der Waals surface area (Å²) in [6.45, 7) is 0. The summed E-state index contributed by atoms with van der Waals surface area (Å²) in [6, 6.07) is 3.58. The molecule has 1 atom stereocenters. The number of nitrogen functional groups attached to an aromatic ring is 1. The quantitative estimate of drug-likeness (QED) is 0.852. The first kappa shape index (κ1) is 13.5. The summed E-state index contributed by atoms with van der Waals surface area (Å²) in [5.74, 6) is 1.73. The Morgan fingerprint density at radius 1 is 1.55 bits per heavy atom. The minimum absolute atomic E-state index is 0.0403. The molecule has 2 aromatic rings. The molecule has 1 aliphatic heterocycles. The fourth-order valence-electron chi connectivity index (χ4n) is 2.20. The average molecular weight is 309 g/mol. The number of anilines is 2. The van der Waals surface area contributed by atoms with E-state index in [0.29, 0.717) is 16.6 Å². The van der Waals surface area contributed by atoms with Crippen molar-refractivity contribution in [2.24, 2.45) is 0 Å². The van der Waals surface area contributed by atoms with Crippen LogP contribution < -0.4 is 15.8 Å². The van der Waals surface area contributed by atoms with Gasteiger partial charge in [0.25, 0.3) is 0 Å². The maximum Gasteiger partial charge on any atom is 0.239 e. The number of aromatic nitrogens is 1. The number of nitrogens with two attached hydrogens (primary N) is 1. The van der Waals surface area contributed by atoms with E-state index < -0.39 is 0 Å². The fourth-order valence-corrected chi connectivity index (χ4v) is 4.29. The molecular weight excluding hydrogens is 294 g/mol. The normalized spacial score (nSPS) is 18.4. The number of fused-ring (bicyclic) bond motifs is 1. The van der Waals surface area contributed by atoms with E-state index in [9.17, 15) is 4.79 Å². The molecule has 1 aromatic carbocycles. The van der Waals surface area contributed by atoms with Crippen molar-refractivity contribution in [3.63, 3.8) is 0 Å². The fraction of sp³-hybridized carbons (Fsp3) is 0.385. The zero-order valence-corrected chi connectivity index (χ0v) is 12.6. The van der Waals surface area contributed by atoms with Crippen molar-refractivity contribution in [1.29, 1.82) is 0 Å². The zero-order chi connectivity index (χ0) is 14.1. The third-order valence-electron chi connectivity index (χ3n) is 3.15. The predicted octanol–water partition coefficient (Wildman–Crippen LogP) is 2.72. The highest BCUT2D eigenvalue weighted by Crippen LogP contribution is 2.35. The predicted molar refractivity (Wildman–Crippen MR) is 84.7 cm³/mol. The lowest BCUT2D eigenvalue weighted by Crippen LogP contribution is -2.22. The highest BCUT2D eigenvalue weighted by atomic mass is 32.2. The van der Waals surface area contributed by atoms with Crippen LogP contribution in [0.5, 0.6) is 5.75 Å². The van der Waals surface area contributed by atoms with E-state index in [4.69, 9.17) is 10.5 Å². The average Bonchev–Trinajstić information content (AvgIpc) is 3.05. The molecule has 1 saturated heterocycles. The highest BCUT2D eigenvalue weighted by Gasteiger charge is 2.24. The number of benzene rings is 1. The maximum absolute atomic E-state index is 12.1. The Kier molecular flexibility index (Phi) is 3.71. The van der Waals surface area contributed by atoms with Crippen LogP contribution in [0.1, 0.15) is 12.8 Å². The van der Waals surface area contributed by atoms with Gasteiger partial charge in [-0.25, -0.2) is 4.98 Å². The molecule has 1 unspecified atom stereocenters. The number of ether oxygens (including phenoxy) is 1. The molecule has 0 aliphatic carbocycles. The monoisotopic (exact) mass is 309 g/mol. The van der Waals surface area contributed by atoms with E-state index >= 15 is 0 Å². The van der Waals surface area contributed by atoms with Gasteiger partial charge in [0.15, 0.2) is 5.13 Å². The molecule has 20 heavy (non-hydrogen) atoms. The largest absolute Gasteiger partial charge is 0.494 e. The summed E-state index contributed by atoms with van der Waals surface area (Å²) in [4.78, 5) is 16.5. The summed E-state index contributed by atoms with van der Waals surface area (Å²) in [6.07, 6.45) is 2.05. The summed E-state index contributed by atoms with van der Waals surface area (Å²) in [5, 5.41) is 3.54. The molecule has 3 N–H and O–H groups in total. The van der Waals surface area contributed by atoms with Crippen molar-refractivity contribution in [3.05, 3.63) is 12.1 Å². The van der Waals surface area contributed by atoms with Gasteiger partial charge in [0, 0.05) is 11.8 Å². The van der Waals surface area contributed by atoms with Gasteiger partial charge in [-0.15, -0.1) is 11.8 Å². The number of nitrogens with zero attached hydrogens (tertiary/aromatic N) is 1. The van der Waals surface area contributed by atoms with Gasteiger partial charge in [0.05, 0.1) is 17.1 Å². The van der Waals surface area contributed by atoms with Crippen LogP contribution in [0.3, 0.4) is 0 Å². The van der Waals surface area contributed by atoms with Gasteiger partial charge in [-0.1, -0.05) is 11.3 Å². The third-order valence-corrected chi connectivity index (χ3v) is 5.45. The molecule has 0 saturated carbocycles. The van der Waals surface area contributed by atoms with Crippen LogP contribution in [-0.2, 0) is 4.79 Å². The second-order valence-electron chi connectivity index (χ2n) is 4.58. The lowest BCUT2D eigenvalue weighted by atomic mass is 10.2. The van der Waals surface area contributed by atoms with Crippen LogP contribution in [0.15, 0.2) is 12.1 Å². The number of carbonyl (C=O) groups excluding carboxylic acids is 1. The van der Waals surface area contributed by atoms with Gasteiger partial charge in [0.2, 0.25) is 5.91 Å². The standard InChI is InChI=1S/C13H15N3O2S2/c1-18-8-5-7(14)6-10-11(8)15-13(20-10)16-12(17)9-3-2-4-19-9/h5-6,9H,2-4,14H2,1H3,(H,15,16,17). The van der Waals surface area contributed by atoms with E-state index in [1.54, 1.807) is 24.9 Å². The molecule has 2 heterocycles. The van der Waals surface area contributed by atoms with Crippen molar-refractivity contribution < 1.29 is 9.53 Å².